The molecule has 1 unspecified atom stereocenters. The van der Waals surface area contributed by atoms with E-state index in [-0.39, 0.29) is 16.8 Å². The lowest BCUT2D eigenvalue weighted by molar-refractivity contribution is -0.137. The molecule has 1 saturated heterocycles. The van der Waals surface area contributed by atoms with Crippen LogP contribution in [0.25, 0.3) is 16.6 Å². The molecule has 3 aromatic rings. The number of phenolic OH excluding ortho intramolecular Hbond substituents is 1. The van der Waals surface area contributed by atoms with Gasteiger partial charge in [0, 0.05) is 17.5 Å². The number of phenols is 1. The summed E-state index contributed by atoms with van der Waals surface area (Å²) in [4.78, 5) is 24.2. The van der Waals surface area contributed by atoms with E-state index in [2.05, 4.69) is 22.0 Å². The van der Waals surface area contributed by atoms with Crippen LogP contribution in [0.3, 0.4) is 0 Å². The Labute approximate surface area is 232 Å². The predicted molar refractivity (Wildman–Crippen MR) is 143 cm³/mol. The summed E-state index contributed by atoms with van der Waals surface area (Å²) in [5.74, 6) is -0.800. The Bertz CT molecular complexity index is 1470. The molecular formula is C27H33ClF3N5O3. The van der Waals surface area contributed by atoms with E-state index in [0.29, 0.717) is 29.8 Å². The van der Waals surface area contributed by atoms with Gasteiger partial charge in [-0.15, -0.1) is 0 Å². The van der Waals surface area contributed by atoms with Crippen LogP contribution in [-0.2, 0) is 6.18 Å². The highest BCUT2D eigenvalue weighted by molar-refractivity contribution is 6.31. The highest BCUT2D eigenvalue weighted by Crippen LogP contribution is 2.40. The summed E-state index contributed by atoms with van der Waals surface area (Å²) >= 11 is 5.83. The third-order valence-electron chi connectivity index (χ3n) is 6.98. The molecule has 1 aliphatic heterocycles. The van der Waals surface area contributed by atoms with Crippen molar-refractivity contribution in [3.8, 4) is 17.4 Å². The van der Waals surface area contributed by atoms with Gasteiger partial charge in [0.25, 0.3) is 5.56 Å². The first-order valence-corrected chi connectivity index (χ1v) is 13.4. The largest absolute Gasteiger partial charge is 0.508 e. The van der Waals surface area contributed by atoms with Gasteiger partial charge in [0.15, 0.2) is 0 Å². The van der Waals surface area contributed by atoms with E-state index in [0.717, 1.165) is 44.2 Å². The molecule has 8 nitrogen and oxygen atoms in total. The lowest BCUT2D eigenvalue weighted by Gasteiger charge is -2.20. The molecule has 0 bridgehead atoms. The number of likely N-dealkylation sites (N-methyl/N-ethyl adjacent to an activating group) is 1. The van der Waals surface area contributed by atoms with Crippen LogP contribution in [0.5, 0.6) is 11.8 Å². The first-order chi connectivity index (χ1) is 19.2. The normalized spacial score (nSPS) is 18.3. The minimum absolute atomic E-state index is 0.210. The van der Waals surface area contributed by atoms with Gasteiger partial charge >= 0.3 is 12.2 Å². The summed E-state index contributed by atoms with van der Waals surface area (Å²) in [5, 5.41) is 13.4. The minimum atomic E-state index is -4.96. The average Bonchev–Trinajstić information content (AvgIpc) is 3.32. The number of nitrogens with zero attached hydrogens (tertiary/aromatic N) is 5. The molecule has 0 saturated carbocycles. The molecule has 212 valence electrons. The van der Waals surface area contributed by atoms with Crippen molar-refractivity contribution in [3.63, 3.8) is 0 Å². The number of aromatic nitrogens is 4. The van der Waals surface area contributed by atoms with Crippen molar-refractivity contribution in [3.05, 3.63) is 45.0 Å². The molecule has 0 radical (unpaired) electrons. The second-order valence-corrected chi connectivity index (χ2v) is 10.4. The molecule has 0 amide bonds. The first kappa shape index (κ1) is 26.3. The van der Waals surface area contributed by atoms with Crippen molar-refractivity contribution in [2.75, 3.05) is 20.2 Å². The minimum Gasteiger partial charge on any atom is -0.508 e. The van der Waals surface area contributed by atoms with E-state index in [9.17, 15) is 23.1 Å². The number of alkyl halides is 3. The number of hydrogen-bond donors (Lipinski definition) is 1. The van der Waals surface area contributed by atoms with Crippen molar-refractivity contribution < 1.29 is 25.8 Å². The third-order valence-corrected chi connectivity index (χ3v) is 7.28. The van der Waals surface area contributed by atoms with Gasteiger partial charge in [-0.3, -0.25) is 4.79 Å². The van der Waals surface area contributed by atoms with Gasteiger partial charge in [0.1, 0.15) is 23.4 Å². The Kier molecular flexibility index (Phi) is 8.15. The fraction of sp³-hybridized carbons (Fsp3) is 0.556. The lowest BCUT2D eigenvalue weighted by Crippen LogP contribution is -2.31. The van der Waals surface area contributed by atoms with E-state index in [4.69, 9.17) is 19.1 Å². The van der Waals surface area contributed by atoms with Gasteiger partial charge in [-0.05, 0) is 44.8 Å². The zero-order chi connectivity index (χ0) is 30.1. The molecule has 1 fully saturated rings. The molecule has 2 atom stereocenters. The molecule has 1 N–H and O–H groups in total. The average molecular weight is 570 g/mol. The van der Waals surface area contributed by atoms with Gasteiger partial charge in [-0.1, -0.05) is 51.1 Å². The van der Waals surface area contributed by atoms with Crippen LogP contribution < -0.4 is 10.3 Å². The number of halogens is 4. The van der Waals surface area contributed by atoms with E-state index in [1.165, 1.54) is 6.20 Å². The number of fused-ring (bicyclic) bond motifs is 1. The summed E-state index contributed by atoms with van der Waals surface area (Å²) in [7, 11) is 1.78. The molecule has 2 aromatic heterocycles. The van der Waals surface area contributed by atoms with Gasteiger partial charge in [-0.2, -0.15) is 32.9 Å². The molecular weight excluding hydrogens is 535 g/mol. The van der Waals surface area contributed by atoms with Gasteiger partial charge < -0.3 is 14.7 Å². The zero-order valence-corrected chi connectivity index (χ0v) is 22.8. The van der Waals surface area contributed by atoms with Crippen LogP contribution in [0.15, 0.2) is 23.1 Å². The standard InChI is InChI=1S/C27H33ClF3N5O3/c1-4-5-6-7-9-16(2)23-19-14-32-36(21-13-18(37)12-20(28)22(21)27(29,30)31)25(38)24(19)34-26(33-23)39-15-17-10-8-11-35(17)3/h12-14,16-17,37H,4-11,15H2,1-3H3/t16?,17-/m0/s1/i15D2. The number of rotatable bonds is 10. The Morgan fingerprint density at radius 3 is 2.72 bits per heavy atom. The molecule has 1 aliphatic rings. The Hall–Kier alpha value is -2.92. The molecule has 12 heteroatoms. The van der Waals surface area contributed by atoms with Crippen molar-refractivity contribution in [1.29, 1.82) is 0 Å². The monoisotopic (exact) mass is 569 g/mol. The first-order valence-electron chi connectivity index (χ1n) is 14.0. The highest BCUT2D eigenvalue weighted by Gasteiger charge is 2.38. The summed E-state index contributed by atoms with van der Waals surface area (Å²) < 4.78 is 65.1. The van der Waals surface area contributed by atoms with Crippen LogP contribution >= 0.6 is 11.6 Å². The summed E-state index contributed by atoms with van der Waals surface area (Å²) in [6, 6.07) is 0.515. The Balaban J connectivity index is 1.88. The van der Waals surface area contributed by atoms with Gasteiger partial charge in [0.05, 0.1) is 25.3 Å². The molecule has 4 rings (SSSR count). The number of ether oxygens (including phenoxy) is 1. The van der Waals surface area contributed by atoms with Crippen LogP contribution in [0.4, 0.5) is 13.2 Å². The van der Waals surface area contributed by atoms with E-state index < -0.39 is 52.4 Å². The van der Waals surface area contributed by atoms with Crippen LogP contribution in [0.2, 0.25) is 5.02 Å². The smallest absolute Gasteiger partial charge is 0.419 e. The fourth-order valence-corrected chi connectivity index (χ4v) is 5.15. The summed E-state index contributed by atoms with van der Waals surface area (Å²) in [6.07, 6.45) is 2.26. The van der Waals surface area contributed by atoms with Gasteiger partial charge in [-0.25, -0.2) is 0 Å². The summed E-state index contributed by atoms with van der Waals surface area (Å²) in [6.45, 7) is 2.49. The second-order valence-electron chi connectivity index (χ2n) is 9.94. The second kappa shape index (κ2) is 12.1. The maximum Gasteiger partial charge on any atom is 0.419 e. The van der Waals surface area contributed by atoms with Crippen molar-refractivity contribution in [2.24, 2.45) is 0 Å². The fourth-order valence-electron chi connectivity index (χ4n) is 4.84. The quantitative estimate of drug-likeness (QED) is 0.295. The Morgan fingerprint density at radius 2 is 2.05 bits per heavy atom. The molecule has 39 heavy (non-hydrogen) atoms. The zero-order valence-electron chi connectivity index (χ0n) is 24.1. The van der Waals surface area contributed by atoms with Crippen molar-refractivity contribution >= 4 is 22.5 Å². The van der Waals surface area contributed by atoms with Crippen molar-refractivity contribution in [2.45, 2.75) is 76.9 Å². The number of likely N-dealkylation sites (tertiary alicyclic amines) is 1. The van der Waals surface area contributed by atoms with E-state index >= 15 is 0 Å². The number of hydrogen-bond acceptors (Lipinski definition) is 7. The predicted octanol–water partition coefficient (Wildman–Crippen LogP) is 6.10. The van der Waals surface area contributed by atoms with Crippen LogP contribution in [0.1, 0.15) is 78.7 Å². The van der Waals surface area contributed by atoms with Gasteiger partial charge in [0.2, 0.25) is 0 Å². The maximum absolute atomic E-state index is 13.9. The molecule has 1 aromatic carbocycles. The number of benzene rings is 1. The number of aromatic hydroxyl groups is 1. The third kappa shape index (κ3) is 6.46. The molecule has 3 heterocycles. The lowest BCUT2D eigenvalue weighted by atomic mass is 9.97. The summed E-state index contributed by atoms with van der Waals surface area (Å²) in [5.41, 5.74) is -3.04. The van der Waals surface area contributed by atoms with E-state index in [1.54, 1.807) is 7.05 Å². The van der Waals surface area contributed by atoms with E-state index in [1.807, 2.05) is 11.8 Å². The maximum atomic E-state index is 13.9. The SMILES string of the molecule is [2H]C([2H])(Oc1nc(C(C)CCCCCC)c2cnn(-c3cc(O)cc(Cl)c3C(F)(F)F)c(=O)c2n1)[C@@H]1CCCN1C. The van der Waals surface area contributed by atoms with Crippen LogP contribution in [-0.4, -0.2) is 55.9 Å². The van der Waals surface area contributed by atoms with Crippen molar-refractivity contribution in [1.82, 2.24) is 24.6 Å². The number of unbranched alkanes of at least 4 members (excludes halogenated alkanes) is 3. The highest BCUT2D eigenvalue weighted by atomic mass is 35.5. The molecule has 0 aliphatic carbocycles. The Morgan fingerprint density at radius 1 is 1.28 bits per heavy atom. The topological polar surface area (TPSA) is 93.4 Å². The molecule has 0 spiro atoms. The van der Waals surface area contributed by atoms with Crippen LogP contribution in [0, 0.1) is 0 Å².